The van der Waals surface area contributed by atoms with Crippen LogP contribution in [0.25, 0.3) is 0 Å². The molecule has 10 heteroatoms. The molecule has 2 aromatic rings. The van der Waals surface area contributed by atoms with Gasteiger partial charge in [0, 0.05) is 28.2 Å². The lowest BCUT2D eigenvalue weighted by molar-refractivity contribution is -0.380. The molecule has 2 N–H and O–H groups in total. The quantitative estimate of drug-likeness (QED) is 0.464. The van der Waals surface area contributed by atoms with Crippen molar-refractivity contribution in [3.8, 4) is 0 Å². The van der Waals surface area contributed by atoms with Crippen LogP contribution in [0, 0.1) is 10.1 Å². The first-order chi connectivity index (χ1) is 11.4. The van der Waals surface area contributed by atoms with Crippen LogP contribution in [-0.4, -0.2) is 23.5 Å². The minimum Gasteiger partial charge on any atom is -0.336 e. The summed E-state index contributed by atoms with van der Waals surface area (Å²) in [7, 11) is 0. The van der Waals surface area contributed by atoms with Crippen molar-refractivity contribution in [3.63, 3.8) is 0 Å². The number of hydrazone groups is 1. The third-order valence-corrected chi connectivity index (χ3v) is 4.26. The third kappa shape index (κ3) is 4.15. The van der Waals surface area contributed by atoms with Gasteiger partial charge in [0.25, 0.3) is 11.8 Å². The molecule has 0 spiro atoms. The molecule has 1 heterocycles. The van der Waals surface area contributed by atoms with Crippen molar-refractivity contribution in [1.29, 1.82) is 0 Å². The van der Waals surface area contributed by atoms with E-state index in [1.165, 1.54) is 36.4 Å². The van der Waals surface area contributed by atoms with E-state index in [9.17, 15) is 19.7 Å². The highest BCUT2D eigenvalue weighted by molar-refractivity contribution is 7.15. The summed E-state index contributed by atoms with van der Waals surface area (Å²) in [6.45, 7) is 3.14. The summed E-state index contributed by atoms with van der Waals surface area (Å²) in [6, 6.07) is 7.58. The molecule has 0 aliphatic rings. The zero-order valence-electron chi connectivity index (χ0n) is 12.1. The first-order valence-electron chi connectivity index (χ1n) is 6.48. The molecule has 1 atom stereocenters. The Kier molecular flexibility index (Phi) is 5.61. The molecule has 0 aliphatic heterocycles. The monoisotopic (exact) mass is 366 g/mol. The molecule has 0 saturated heterocycles. The molecule has 1 aromatic heterocycles. The SMILES string of the molecule is C=NNC(=O)C(NC(=O)c1ccc(Cl)cc1)c1ccc([N+](=O)[O-])s1. The zero-order chi connectivity index (χ0) is 17.7. The second-order valence-corrected chi connectivity index (χ2v) is 6.01. The minimum atomic E-state index is -1.14. The third-order valence-electron chi connectivity index (χ3n) is 2.91. The Morgan fingerprint density at radius 2 is 1.92 bits per heavy atom. The average Bonchev–Trinajstić information content (AvgIpc) is 3.03. The highest BCUT2D eigenvalue weighted by Crippen LogP contribution is 2.29. The second-order valence-electron chi connectivity index (χ2n) is 4.48. The van der Waals surface area contributed by atoms with Gasteiger partial charge < -0.3 is 5.32 Å². The molecular weight excluding hydrogens is 356 g/mol. The standard InChI is InChI=1S/C14H11ClN4O4S/c1-16-18-14(21)12(10-6-7-11(24-10)19(22)23)17-13(20)8-2-4-9(15)5-3-8/h2-7,12H,1H2,(H,17,20)(H,18,21). The first-order valence-corrected chi connectivity index (χ1v) is 7.68. The van der Waals surface area contributed by atoms with E-state index in [-0.39, 0.29) is 10.6 Å². The number of nitrogens with one attached hydrogen (secondary N) is 2. The molecule has 24 heavy (non-hydrogen) atoms. The Hall–Kier alpha value is -2.78. The summed E-state index contributed by atoms with van der Waals surface area (Å²) >= 11 is 6.55. The van der Waals surface area contributed by atoms with Gasteiger partial charge in [0.05, 0.1) is 4.92 Å². The number of carbonyl (C=O) groups excluding carboxylic acids is 2. The largest absolute Gasteiger partial charge is 0.336 e. The number of carbonyl (C=O) groups is 2. The Morgan fingerprint density at radius 1 is 1.25 bits per heavy atom. The van der Waals surface area contributed by atoms with Crippen LogP contribution < -0.4 is 10.7 Å². The van der Waals surface area contributed by atoms with E-state index in [0.29, 0.717) is 9.90 Å². The number of nitro groups is 1. The van der Waals surface area contributed by atoms with Crippen LogP contribution in [0.1, 0.15) is 21.3 Å². The number of thiophene rings is 1. The lowest BCUT2D eigenvalue weighted by atomic mass is 10.1. The number of nitrogens with zero attached hydrogens (tertiary/aromatic N) is 2. The molecule has 0 radical (unpaired) electrons. The molecular formula is C14H11ClN4O4S. The average molecular weight is 367 g/mol. The number of rotatable bonds is 6. The number of hydrogen-bond donors (Lipinski definition) is 2. The topological polar surface area (TPSA) is 114 Å². The van der Waals surface area contributed by atoms with Gasteiger partial charge in [0.1, 0.15) is 6.04 Å². The maximum Gasteiger partial charge on any atom is 0.324 e. The summed E-state index contributed by atoms with van der Waals surface area (Å²) in [4.78, 5) is 34.9. The van der Waals surface area contributed by atoms with Crippen molar-refractivity contribution in [3.05, 3.63) is 62.0 Å². The molecule has 0 bridgehead atoms. The Bertz CT molecular complexity index is 790. The van der Waals surface area contributed by atoms with Crippen LogP contribution in [0.15, 0.2) is 41.5 Å². The Morgan fingerprint density at radius 3 is 2.46 bits per heavy atom. The summed E-state index contributed by atoms with van der Waals surface area (Å²) < 4.78 is 0. The molecule has 0 saturated carbocycles. The number of hydrogen-bond acceptors (Lipinski definition) is 6. The molecule has 1 unspecified atom stereocenters. The van der Waals surface area contributed by atoms with Crippen LogP contribution in [0.4, 0.5) is 5.00 Å². The van der Waals surface area contributed by atoms with Crippen LogP contribution in [0.2, 0.25) is 5.02 Å². The highest BCUT2D eigenvalue weighted by Gasteiger charge is 2.26. The van der Waals surface area contributed by atoms with Gasteiger partial charge in [0.15, 0.2) is 0 Å². The van der Waals surface area contributed by atoms with Gasteiger partial charge in [-0.05, 0) is 30.3 Å². The van der Waals surface area contributed by atoms with Gasteiger partial charge in [-0.1, -0.05) is 22.9 Å². The summed E-state index contributed by atoms with van der Waals surface area (Å²) in [5.74, 6) is -1.20. The van der Waals surface area contributed by atoms with Crippen molar-refractivity contribution in [2.45, 2.75) is 6.04 Å². The normalized spacial score (nSPS) is 11.4. The van der Waals surface area contributed by atoms with Gasteiger partial charge in [-0.25, -0.2) is 5.43 Å². The lowest BCUT2D eigenvalue weighted by Gasteiger charge is -2.15. The lowest BCUT2D eigenvalue weighted by Crippen LogP contribution is -2.38. The van der Waals surface area contributed by atoms with Crippen molar-refractivity contribution < 1.29 is 14.5 Å². The van der Waals surface area contributed by atoms with E-state index in [4.69, 9.17) is 11.6 Å². The predicted molar refractivity (Wildman–Crippen MR) is 90.3 cm³/mol. The Balaban J connectivity index is 2.26. The van der Waals surface area contributed by atoms with Crippen molar-refractivity contribution >= 4 is 46.5 Å². The van der Waals surface area contributed by atoms with Crippen molar-refractivity contribution in [2.75, 3.05) is 0 Å². The van der Waals surface area contributed by atoms with E-state index in [0.717, 1.165) is 11.3 Å². The second kappa shape index (κ2) is 7.66. The van der Waals surface area contributed by atoms with Gasteiger partial charge in [-0.15, -0.1) is 0 Å². The molecule has 0 fully saturated rings. The van der Waals surface area contributed by atoms with Crippen molar-refractivity contribution in [2.24, 2.45) is 5.10 Å². The number of halogens is 1. The van der Waals surface area contributed by atoms with E-state index in [2.05, 4.69) is 22.6 Å². The first kappa shape index (κ1) is 17.6. The summed E-state index contributed by atoms with van der Waals surface area (Å²) in [6.07, 6.45) is 0. The van der Waals surface area contributed by atoms with E-state index in [1.807, 2.05) is 0 Å². The smallest absolute Gasteiger partial charge is 0.324 e. The van der Waals surface area contributed by atoms with E-state index in [1.54, 1.807) is 0 Å². The number of benzene rings is 1. The molecule has 124 valence electrons. The molecule has 2 amide bonds. The fourth-order valence-electron chi connectivity index (χ4n) is 1.82. The van der Waals surface area contributed by atoms with Gasteiger partial charge in [-0.2, -0.15) is 5.10 Å². The van der Waals surface area contributed by atoms with Crippen LogP contribution in [0.5, 0.6) is 0 Å². The number of amides is 2. The highest BCUT2D eigenvalue weighted by atomic mass is 35.5. The molecule has 2 rings (SSSR count). The zero-order valence-corrected chi connectivity index (χ0v) is 13.6. The maximum atomic E-state index is 12.3. The van der Waals surface area contributed by atoms with Gasteiger partial charge in [-0.3, -0.25) is 19.7 Å². The molecule has 8 nitrogen and oxygen atoms in total. The fraction of sp³-hybridized carbons (Fsp3) is 0.0714. The van der Waals surface area contributed by atoms with Crippen LogP contribution >= 0.6 is 22.9 Å². The Labute approximate surface area is 145 Å². The fourth-order valence-corrected chi connectivity index (χ4v) is 2.82. The van der Waals surface area contributed by atoms with Crippen LogP contribution in [-0.2, 0) is 4.79 Å². The summed E-state index contributed by atoms with van der Waals surface area (Å²) in [5, 5.41) is 16.9. The van der Waals surface area contributed by atoms with E-state index >= 15 is 0 Å². The maximum absolute atomic E-state index is 12.3. The minimum absolute atomic E-state index is 0.143. The predicted octanol–water partition coefficient (Wildman–Crippen LogP) is 2.51. The van der Waals surface area contributed by atoms with Gasteiger partial charge in [0.2, 0.25) is 0 Å². The van der Waals surface area contributed by atoms with Crippen LogP contribution in [0.3, 0.4) is 0 Å². The van der Waals surface area contributed by atoms with E-state index < -0.39 is 22.8 Å². The van der Waals surface area contributed by atoms with Crippen molar-refractivity contribution in [1.82, 2.24) is 10.7 Å². The molecule has 0 aliphatic carbocycles. The molecule has 1 aromatic carbocycles. The van der Waals surface area contributed by atoms with Gasteiger partial charge >= 0.3 is 5.00 Å². The summed E-state index contributed by atoms with van der Waals surface area (Å²) in [5.41, 5.74) is 2.41.